The van der Waals surface area contributed by atoms with Gasteiger partial charge in [-0.15, -0.1) is 0 Å². The molecule has 1 aromatic carbocycles. The Morgan fingerprint density at radius 3 is 2.53 bits per heavy atom. The molecule has 1 aromatic rings. The van der Waals surface area contributed by atoms with Crippen LogP contribution in [0.4, 0.5) is 0 Å². The van der Waals surface area contributed by atoms with Crippen LogP contribution in [0.2, 0.25) is 0 Å². The lowest BCUT2D eigenvalue weighted by Gasteiger charge is -2.20. The second kappa shape index (κ2) is 5.60. The molecule has 0 unspecified atom stereocenters. The molecule has 1 rings (SSSR count). The number of nitrogens with one attached hydrogen (secondary N) is 1. The molecule has 0 atom stereocenters. The van der Waals surface area contributed by atoms with Gasteiger partial charge in [-0.1, -0.05) is 0 Å². The third-order valence-electron chi connectivity index (χ3n) is 2.80. The number of carbonyl (C=O) groups is 2. The zero-order valence-electron chi connectivity index (χ0n) is 11.2. The van der Waals surface area contributed by atoms with Crippen molar-refractivity contribution in [3.63, 3.8) is 0 Å². The van der Waals surface area contributed by atoms with Gasteiger partial charge in [0.25, 0.3) is 5.91 Å². The van der Waals surface area contributed by atoms with Gasteiger partial charge in [-0.05, 0) is 32.0 Å². The minimum Gasteiger partial charge on any atom is -0.504 e. The van der Waals surface area contributed by atoms with Crippen molar-refractivity contribution >= 4 is 11.8 Å². The van der Waals surface area contributed by atoms with Gasteiger partial charge in [0.2, 0.25) is 5.91 Å². The summed E-state index contributed by atoms with van der Waals surface area (Å²) in [4.78, 5) is 23.0. The smallest absolute Gasteiger partial charge is 0.251 e. The highest BCUT2D eigenvalue weighted by Gasteiger charge is 2.25. The van der Waals surface area contributed by atoms with Gasteiger partial charge in [0, 0.05) is 12.1 Å². The first-order valence-corrected chi connectivity index (χ1v) is 5.73. The van der Waals surface area contributed by atoms with E-state index in [0.29, 0.717) is 0 Å². The normalized spacial score (nSPS) is 10.9. The van der Waals surface area contributed by atoms with Crippen LogP contribution in [-0.2, 0) is 4.79 Å². The lowest BCUT2D eigenvalue weighted by molar-refractivity contribution is -0.125. The minimum atomic E-state index is -0.829. The number of phenols is 1. The molecule has 19 heavy (non-hydrogen) atoms. The molecule has 0 aliphatic rings. The molecule has 0 saturated carbocycles. The molecule has 6 heteroatoms. The number of phenolic OH excluding ortho intramolecular Hbond substituents is 1. The Labute approximate surface area is 111 Å². The average Bonchev–Trinajstić information content (AvgIpc) is 2.35. The van der Waals surface area contributed by atoms with E-state index in [9.17, 15) is 14.7 Å². The number of ether oxygens (including phenoxy) is 1. The van der Waals surface area contributed by atoms with E-state index in [2.05, 4.69) is 5.32 Å². The molecular formula is C13H18N2O4. The zero-order chi connectivity index (χ0) is 14.6. The Bertz CT molecular complexity index is 497. The van der Waals surface area contributed by atoms with Crippen LogP contribution in [0.5, 0.6) is 11.5 Å². The molecule has 0 radical (unpaired) electrons. The number of methoxy groups -OCH3 is 1. The molecule has 0 aliphatic carbocycles. The summed E-state index contributed by atoms with van der Waals surface area (Å²) in [5, 5.41) is 12.2. The zero-order valence-corrected chi connectivity index (χ0v) is 11.2. The fraction of sp³-hybridized carbons (Fsp3) is 0.385. The first-order valence-electron chi connectivity index (χ1n) is 5.73. The van der Waals surface area contributed by atoms with Crippen LogP contribution < -0.4 is 15.8 Å². The second-order valence-electron chi connectivity index (χ2n) is 4.82. The largest absolute Gasteiger partial charge is 0.504 e. The van der Waals surface area contributed by atoms with E-state index >= 15 is 0 Å². The summed E-state index contributed by atoms with van der Waals surface area (Å²) in [6.45, 7) is 3.40. The minimum absolute atomic E-state index is 0.119. The van der Waals surface area contributed by atoms with Gasteiger partial charge < -0.3 is 20.9 Å². The van der Waals surface area contributed by atoms with Crippen molar-refractivity contribution in [2.45, 2.75) is 13.8 Å². The molecule has 4 N–H and O–H groups in total. The van der Waals surface area contributed by atoms with Crippen LogP contribution in [-0.4, -0.2) is 30.6 Å². The number of hydrogen-bond acceptors (Lipinski definition) is 4. The van der Waals surface area contributed by atoms with E-state index in [4.69, 9.17) is 10.5 Å². The van der Waals surface area contributed by atoms with Gasteiger partial charge in [-0.3, -0.25) is 9.59 Å². The number of primary amides is 1. The number of nitrogens with two attached hydrogens (primary N) is 1. The summed E-state index contributed by atoms with van der Waals surface area (Å²) in [7, 11) is 1.42. The Hall–Kier alpha value is -2.24. The lowest BCUT2D eigenvalue weighted by atomic mass is 9.92. The van der Waals surface area contributed by atoms with Crippen LogP contribution in [0.25, 0.3) is 0 Å². The van der Waals surface area contributed by atoms with Crippen LogP contribution in [0.1, 0.15) is 24.2 Å². The maximum Gasteiger partial charge on any atom is 0.251 e. The van der Waals surface area contributed by atoms with Crippen molar-refractivity contribution in [2.75, 3.05) is 13.7 Å². The van der Waals surface area contributed by atoms with Crippen molar-refractivity contribution in [1.82, 2.24) is 5.32 Å². The highest BCUT2D eigenvalue weighted by atomic mass is 16.5. The van der Waals surface area contributed by atoms with Crippen molar-refractivity contribution in [3.8, 4) is 11.5 Å². The molecule has 0 saturated heterocycles. The van der Waals surface area contributed by atoms with Crippen LogP contribution >= 0.6 is 0 Å². The van der Waals surface area contributed by atoms with Crippen LogP contribution in [0.3, 0.4) is 0 Å². The predicted molar refractivity (Wildman–Crippen MR) is 70.0 cm³/mol. The van der Waals surface area contributed by atoms with Crippen molar-refractivity contribution in [2.24, 2.45) is 11.1 Å². The SMILES string of the molecule is COc1ccc(C(=O)NCC(C)(C)C(N)=O)cc1O. The summed E-state index contributed by atoms with van der Waals surface area (Å²) in [6.07, 6.45) is 0. The number of carbonyl (C=O) groups excluding carboxylic acids is 2. The molecule has 104 valence electrons. The van der Waals surface area contributed by atoms with Crippen molar-refractivity contribution < 1.29 is 19.4 Å². The summed E-state index contributed by atoms with van der Waals surface area (Å²) >= 11 is 0. The predicted octanol–water partition coefficient (Wildman–Crippen LogP) is 0.642. The van der Waals surface area contributed by atoms with E-state index in [1.54, 1.807) is 13.8 Å². The molecular weight excluding hydrogens is 248 g/mol. The van der Waals surface area contributed by atoms with E-state index in [1.165, 1.54) is 25.3 Å². The third kappa shape index (κ3) is 3.61. The first kappa shape index (κ1) is 14.8. The van der Waals surface area contributed by atoms with E-state index < -0.39 is 17.2 Å². The second-order valence-corrected chi connectivity index (χ2v) is 4.82. The quantitative estimate of drug-likeness (QED) is 0.728. The first-order chi connectivity index (χ1) is 8.77. The summed E-state index contributed by atoms with van der Waals surface area (Å²) in [5.41, 5.74) is 4.66. The third-order valence-corrected chi connectivity index (χ3v) is 2.80. The number of rotatable bonds is 5. The highest BCUT2D eigenvalue weighted by molar-refractivity contribution is 5.95. The molecule has 6 nitrogen and oxygen atoms in total. The maximum absolute atomic E-state index is 11.9. The van der Waals surface area contributed by atoms with Gasteiger partial charge in [0.1, 0.15) is 0 Å². The number of benzene rings is 1. The Balaban J connectivity index is 2.74. The molecule has 2 amide bonds. The summed E-state index contributed by atoms with van der Waals surface area (Å²) in [5.74, 6) is -0.726. The highest BCUT2D eigenvalue weighted by Crippen LogP contribution is 2.26. The van der Waals surface area contributed by atoms with Gasteiger partial charge in [-0.2, -0.15) is 0 Å². The maximum atomic E-state index is 11.9. The average molecular weight is 266 g/mol. The van der Waals surface area contributed by atoms with Gasteiger partial charge >= 0.3 is 0 Å². The summed E-state index contributed by atoms with van der Waals surface area (Å²) < 4.78 is 4.88. The Kier molecular flexibility index (Phi) is 4.37. The number of amides is 2. The fourth-order valence-electron chi connectivity index (χ4n) is 1.32. The van der Waals surface area contributed by atoms with Gasteiger partial charge in [0.05, 0.1) is 12.5 Å². The topological polar surface area (TPSA) is 102 Å². The monoisotopic (exact) mass is 266 g/mol. The number of hydrogen-bond donors (Lipinski definition) is 3. The standard InChI is InChI=1S/C13H18N2O4/c1-13(2,12(14)18)7-15-11(17)8-4-5-10(19-3)9(16)6-8/h4-6,16H,7H2,1-3H3,(H2,14,18)(H,15,17). The van der Waals surface area contributed by atoms with E-state index in [-0.39, 0.29) is 23.6 Å². The van der Waals surface area contributed by atoms with Crippen LogP contribution in [0, 0.1) is 5.41 Å². The molecule has 0 heterocycles. The molecule has 0 aliphatic heterocycles. The molecule has 0 spiro atoms. The lowest BCUT2D eigenvalue weighted by Crippen LogP contribution is -2.42. The van der Waals surface area contributed by atoms with Gasteiger partial charge in [0.15, 0.2) is 11.5 Å². The van der Waals surface area contributed by atoms with Gasteiger partial charge in [-0.25, -0.2) is 0 Å². The summed E-state index contributed by atoms with van der Waals surface area (Å²) in [6, 6.07) is 4.31. The van der Waals surface area contributed by atoms with E-state index in [0.717, 1.165) is 0 Å². The van der Waals surface area contributed by atoms with Crippen LogP contribution in [0.15, 0.2) is 18.2 Å². The number of aromatic hydroxyl groups is 1. The molecule has 0 bridgehead atoms. The van der Waals surface area contributed by atoms with Crippen molar-refractivity contribution in [1.29, 1.82) is 0 Å². The van der Waals surface area contributed by atoms with E-state index in [1.807, 2.05) is 0 Å². The molecule has 0 fully saturated rings. The molecule has 0 aromatic heterocycles. The fourth-order valence-corrected chi connectivity index (χ4v) is 1.32. The Morgan fingerprint density at radius 2 is 2.05 bits per heavy atom. The van der Waals surface area contributed by atoms with Crippen molar-refractivity contribution in [3.05, 3.63) is 23.8 Å². The Morgan fingerprint density at radius 1 is 1.42 bits per heavy atom.